The Morgan fingerprint density at radius 1 is 1.43 bits per heavy atom. The average molecular weight is 203 g/mol. The Hall–Kier alpha value is -0.850. The van der Waals surface area contributed by atoms with Gasteiger partial charge in [-0.25, -0.2) is 0 Å². The third-order valence-electron chi connectivity index (χ3n) is 2.23. The van der Waals surface area contributed by atoms with E-state index in [0.717, 1.165) is 0 Å². The van der Waals surface area contributed by atoms with Crippen molar-refractivity contribution in [2.45, 2.75) is 37.6 Å². The van der Waals surface area contributed by atoms with Gasteiger partial charge in [-0.2, -0.15) is 0 Å². The maximum Gasteiger partial charge on any atom is 0.185 e. The maximum atomic E-state index is 9.57. The minimum atomic E-state index is -1.20. The Morgan fingerprint density at radius 3 is 2.57 bits per heavy atom. The second kappa shape index (κ2) is 4.59. The summed E-state index contributed by atoms with van der Waals surface area (Å²) >= 11 is 0. The van der Waals surface area contributed by atoms with Crippen molar-refractivity contribution in [1.82, 2.24) is 0 Å². The van der Waals surface area contributed by atoms with Gasteiger partial charge in [-0.3, -0.25) is 0 Å². The van der Waals surface area contributed by atoms with Crippen LogP contribution in [0.25, 0.3) is 10.4 Å². The predicted octanol–water partition coefficient (Wildman–Crippen LogP) is -0.222. The highest BCUT2D eigenvalue weighted by Gasteiger charge is 2.42. The fraction of sp³-hybridized carbons (Fsp3) is 1.00. The van der Waals surface area contributed by atoms with E-state index in [9.17, 15) is 10.2 Å². The molecule has 5 atom stereocenters. The van der Waals surface area contributed by atoms with Gasteiger partial charge < -0.3 is 19.7 Å². The number of aliphatic hydroxyl groups excluding tert-OH is 2. The van der Waals surface area contributed by atoms with Gasteiger partial charge in [0.05, 0.1) is 18.2 Å². The molecule has 0 aromatic heterocycles. The molecular formula is C7H13N3O4. The molecule has 5 unspecified atom stereocenters. The monoisotopic (exact) mass is 203 g/mol. The zero-order valence-corrected chi connectivity index (χ0v) is 7.94. The van der Waals surface area contributed by atoms with Crippen LogP contribution in [0.1, 0.15) is 6.92 Å². The van der Waals surface area contributed by atoms with Gasteiger partial charge in [0, 0.05) is 12.0 Å². The van der Waals surface area contributed by atoms with Crippen molar-refractivity contribution in [2.75, 3.05) is 7.11 Å². The minimum absolute atomic E-state index is 0.491. The van der Waals surface area contributed by atoms with E-state index < -0.39 is 30.6 Å². The number of ether oxygens (including phenoxy) is 2. The number of hydrogen-bond donors (Lipinski definition) is 2. The molecule has 0 bridgehead atoms. The molecule has 0 aliphatic carbocycles. The van der Waals surface area contributed by atoms with Gasteiger partial charge in [-0.1, -0.05) is 5.11 Å². The first kappa shape index (κ1) is 11.2. The second-order valence-corrected chi connectivity index (χ2v) is 3.12. The molecule has 1 aliphatic rings. The normalized spacial score (nSPS) is 43.0. The quantitative estimate of drug-likeness (QED) is 0.367. The molecule has 0 amide bonds. The minimum Gasteiger partial charge on any atom is -0.390 e. The Labute approximate surface area is 80.9 Å². The number of rotatable bonds is 2. The van der Waals surface area contributed by atoms with E-state index in [2.05, 4.69) is 10.0 Å². The molecule has 1 aliphatic heterocycles. The van der Waals surface area contributed by atoms with Crippen molar-refractivity contribution < 1.29 is 19.7 Å². The lowest BCUT2D eigenvalue weighted by atomic mass is 9.98. The third-order valence-corrected chi connectivity index (χ3v) is 2.23. The molecule has 7 heteroatoms. The SMILES string of the molecule is COC1OC(C)C(N=[N+]=[N-])C(O)C1O. The summed E-state index contributed by atoms with van der Waals surface area (Å²) in [7, 11) is 1.36. The molecule has 7 nitrogen and oxygen atoms in total. The molecule has 0 radical (unpaired) electrons. The molecule has 0 aromatic carbocycles. The molecule has 0 aromatic rings. The number of hydrogen-bond acceptors (Lipinski definition) is 5. The first-order chi connectivity index (χ1) is 6.61. The zero-order chi connectivity index (χ0) is 10.7. The molecule has 0 saturated carbocycles. The van der Waals surface area contributed by atoms with Gasteiger partial charge in [-0.15, -0.1) is 0 Å². The average Bonchev–Trinajstić information content (AvgIpc) is 2.18. The van der Waals surface area contributed by atoms with Crippen LogP contribution < -0.4 is 0 Å². The third kappa shape index (κ3) is 1.97. The number of azide groups is 1. The van der Waals surface area contributed by atoms with Gasteiger partial charge in [0.25, 0.3) is 0 Å². The van der Waals surface area contributed by atoms with E-state index in [0.29, 0.717) is 0 Å². The highest BCUT2D eigenvalue weighted by Crippen LogP contribution is 2.23. The molecule has 1 saturated heterocycles. The fourth-order valence-corrected chi connectivity index (χ4v) is 1.43. The lowest BCUT2D eigenvalue weighted by molar-refractivity contribution is -0.260. The standard InChI is InChI=1S/C7H13N3O4/c1-3-4(9-10-8)5(11)6(12)7(13-2)14-3/h3-7,11-12H,1-2H3. The summed E-state index contributed by atoms with van der Waals surface area (Å²) in [5, 5.41) is 22.4. The summed E-state index contributed by atoms with van der Waals surface area (Å²) in [6.45, 7) is 1.64. The van der Waals surface area contributed by atoms with Gasteiger partial charge >= 0.3 is 0 Å². The molecule has 80 valence electrons. The maximum absolute atomic E-state index is 9.57. The van der Waals surface area contributed by atoms with E-state index in [1.807, 2.05) is 0 Å². The van der Waals surface area contributed by atoms with Crippen molar-refractivity contribution in [3.8, 4) is 0 Å². The van der Waals surface area contributed by atoms with E-state index >= 15 is 0 Å². The van der Waals surface area contributed by atoms with E-state index in [1.165, 1.54) is 7.11 Å². The van der Waals surface area contributed by atoms with Crippen molar-refractivity contribution in [1.29, 1.82) is 0 Å². The van der Waals surface area contributed by atoms with E-state index in [4.69, 9.17) is 15.0 Å². The number of methoxy groups -OCH3 is 1. The number of nitrogens with zero attached hydrogens (tertiary/aromatic N) is 3. The van der Waals surface area contributed by atoms with Crippen LogP contribution in [0.2, 0.25) is 0 Å². The van der Waals surface area contributed by atoms with Crippen LogP contribution in [-0.4, -0.2) is 48.0 Å². The molecule has 1 heterocycles. The summed E-state index contributed by atoms with van der Waals surface area (Å²) in [5.41, 5.74) is 8.24. The highest BCUT2D eigenvalue weighted by molar-refractivity contribution is 4.92. The lowest BCUT2D eigenvalue weighted by Gasteiger charge is -2.38. The van der Waals surface area contributed by atoms with E-state index in [1.54, 1.807) is 6.92 Å². The van der Waals surface area contributed by atoms with Crippen molar-refractivity contribution in [2.24, 2.45) is 5.11 Å². The molecular weight excluding hydrogens is 190 g/mol. The van der Waals surface area contributed by atoms with Crippen LogP contribution >= 0.6 is 0 Å². The van der Waals surface area contributed by atoms with Crippen molar-refractivity contribution in [3.05, 3.63) is 10.4 Å². The molecule has 1 fully saturated rings. The topological polar surface area (TPSA) is 108 Å². The molecule has 1 rings (SSSR count). The number of aliphatic hydroxyl groups is 2. The molecule has 0 spiro atoms. The smallest absolute Gasteiger partial charge is 0.185 e. The summed E-state index contributed by atoms with van der Waals surface area (Å²) < 4.78 is 9.99. The second-order valence-electron chi connectivity index (χ2n) is 3.12. The zero-order valence-electron chi connectivity index (χ0n) is 7.94. The van der Waals surface area contributed by atoms with Crippen LogP contribution in [-0.2, 0) is 9.47 Å². The van der Waals surface area contributed by atoms with E-state index in [-0.39, 0.29) is 0 Å². The van der Waals surface area contributed by atoms with Gasteiger partial charge in [0.15, 0.2) is 6.29 Å². The predicted molar refractivity (Wildman–Crippen MR) is 46.3 cm³/mol. The first-order valence-electron chi connectivity index (χ1n) is 4.20. The molecule has 2 N–H and O–H groups in total. The van der Waals surface area contributed by atoms with Crippen LogP contribution in [0.15, 0.2) is 5.11 Å². The largest absolute Gasteiger partial charge is 0.390 e. The van der Waals surface area contributed by atoms with Crippen LogP contribution in [0.5, 0.6) is 0 Å². The van der Waals surface area contributed by atoms with Gasteiger partial charge in [0.1, 0.15) is 6.10 Å². The Balaban J connectivity index is 2.78. The summed E-state index contributed by atoms with van der Waals surface area (Å²) in [6, 6.07) is -0.790. The van der Waals surface area contributed by atoms with Crippen LogP contribution in [0.4, 0.5) is 0 Å². The highest BCUT2D eigenvalue weighted by atomic mass is 16.7. The van der Waals surface area contributed by atoms with Gasteiger partial charge in [-0.05, 0) is 12.5 Å². The summed E-state index contributed by atoms with van der Waals surface area (Å²) in [6.07, 6.45) is -3.74. The van der Waals surface area contributed by atoms with Crippen LogP contribution in [0, 0.1) is 0 Å². The molecule has 14 heavy (non-hydrogen) atoms. The van der Waals surface area contributed by atoms with Crippen molar-refractivity contribution >= 4 is 0 Å². The Bertz CT molecular complexity index is 243. The lowest BCUT2D eigenvalue weighted by Crippen LogP contribution is -2.56. The van der Waals surface area contributed by atoms with Gasteiger partial charge in [0.2, 0.25) is 0 Å². The first-order valence-corrected chi connectivity index (χ1v) is 4.20. The Kier molecular flexibility index (Phi) is 3.68. The summed E-state index contributed by atoms with van der Waals surface area (Å²) in [5.74, 6) is 0. The van der Waals surface area contributed by atoms with Crippen LogP contribution in [0.3, 0.4) is 0 Å². The van der Waals surface area contributed by atoms with Crippen molar-refractivity contribution in [3.63, 3.8) is 0 Å². The fourth-order valence-electron chi connectivity index (χ4n) is 1.43. The Morgan fingerprint density at radius 2 is 2.07 bits per heavy atom. The summed E-state index contributed by atoms with van der Waals surface area (Å²) in [4.78, 5) is 2.58.